The largest absolute Gasteiger partial charge is 0.310 e. The molecule has 0 amide bonds. The molecule has 6 aromatic rings. The third-order valence-electron chi connectivity index (χ3n) is 6.68. The molecule has 0 atom stereocenters. The summed E-state index contributed by atoms with van der Waals surface area (Å²) >= 11 is 0. The second kappa shape index (κ2) is 10.4. The van der Waals surface area contributed by atoms with Crippen LogP contribution in [-0.2, 0) is 0 Å². The van der Waals surface area contributed by atoms with Crippen molar-refractivity contribution in [2.24, 2.45) is 0 Å². The van der Waals surface area contributed by atoms with Gasteiger partial charge in [0.05, 0.1) is 0 Å². The first-order valence-electron chi connectivity index (χ1n) is 12.6. The highest BCUT2D eigenvalue weighted by atomic mass is 15.1. The van der Waals surface area contributed by atoms with Crippen molar-refractivity contribution >= 4 is 17.1 Å². The van der Waals surface area contributed by atoms with E-state index in [1.807, 2.05) is 0 Å². The Morgan fingerprint density at radius 2 is 0.676 bits per heavy atom. The number of para-hydroxylation sites is 1. The second-order valence-corrected chi connectivity index (χ2v) is 9.05. The van der Waals surface area contributed by atoms with Crippen molar-refractivity contribution in [2.45, 2.75) is 0 Å². The van der Waals surface area contributed by atoms with Crippen molar-refractivity contribution in [1.29, 1.82) is 0 Å². The van der Waals surface area contributed by atoms with E-state index >= 15 is 0 Å². The molecule has 0 fully saturated rings. The van der Waals surface area contributed by atoms with Gasteiger partial charge in [-0.05, 0) is 69.8 Å². The smallest absolute Gasteiger partial charge is 0.0468 e. The molecule has 0 N–H and O–H groups in total. The molecule has 0 heterocycles. The molecule has 1 nitrogen and oxygen atoms in total. The van der Waals surface area contributed by atoms with E-state index in [0.29, 0.717) is 0 Å². The highest BCUT2D eigenvalue weighted by Crippen LogP contribution is 2.40. The van der Waals surface area contributed by atoms with Gasteiger partial charge < -0.3 is 4.90 Å². The first-order valence-corrected chi connectivity index (χ1v) is 12.6. The molecule has 0 aliphatic carbocycles. The molecule has 176 valence electrons. The maximum absolute atomic E-state index is 2.33. The molecular weight excluding hydrogens is 446 g/mol. The summed E-state index contributed by atoms with van der Waals surface area (Å²) in [7, 11) is 0. The Bertz CT molecular complexity index is 1570. The monoisotopic (exact) mass is 473 g/mol. The van der Waals surface area contributed by atoms with Crippen LogP contribution in [0.25, 0.3) is 33.4 Å². The Hall–Kier alpha value is -4.88. The lowest BCUT2D eigenvalue weighted by molar-refractivity contribution is 1.28. The minimum atomic E-state index is 1.12. The van der Waals surface area contributed by atoms with Crippen LogP contribution in [-0.4, -0.2) is 0 Å². The highest BCUT2D eigenvalue weighted by molar-refractivity contribution is 5.89. The SMILES string of the molecule is c1ccc(-c2ccc(N(c3ccccc3)c3ccc(-c4ccccc4)c(-c4ccccc4)c3)cc2)cc1. The summed E-state index contributed by atoms with van der Waals surface area (Å²) in [5, 5.41) is 0. The van der Waals surface area contributed by atoms with E-state index < -0.39 is 0 Å². The van der Waals surface area contributed by atoms with Crippen molar-refractivity contribution in [2.75, 3.05) is 4.90 Å². The molecule has 0 unspecified atom stereocenters. The summed E-state index contributed by atoms with van der Waals surface area (Å²) in [6.45, 7) is 0. The topological polar surface area (TPSA) is 3.24 Å². The van der Waals surface area contributed by atoms with Gasteiger partial charge in [-0.2, -0.15) is 0 Å². The van der Waals surface area contributed by atoms with E-state index in [1.54, 1.807) is 0 Å². The second-order valence-electron chi connectivity index (χ2n) is 9.05. The van der Waals surface area contributed by atoms with Crippen LogP contribution < -0.4 is 4.90 Å². The summed E-state index contributed by atoms with van der Waals surface area (Å²) in [4.78, 5) is 2.33. The lowest BCUT2D eigenvalue weighted by atomic mass is 9.93. The van der Waals surface area contributed by atoms with Gasteiger partial charge in [0.2, 0.25) is 0 Å². The highest BCUT2D eigenvalue weighted by Gasteiger charge is 2.16. The van der Waals surface area contributed by atoms with Crippen LogP contribution in [0.15, 0.2) is 164 Å². The van der Waals surface area contributed by atoms with E-state index in [2.05, 4.69) is 169 Å². The van der Waals surface area contributed by atoms with E-state index in [9.17, 15) is 0 Å². The van der Waals surface area contributed by atoms with E-state index in [1.165, 1.54) is 33.4 Å². The van der Waals surface area contributed by atoms with Crippen LogP contribution in [0, 0.1) is 0 Å². The first-order chi connectivity index (χ1) is 18.4. The van der Waals surface area contributed by atoms with Crippen LogP contribution in [0.3, 0.4) is 0 Å². The number of nitrogens with zero attached hydrogens (tertiary/aromatic N) is 1. The summed E-state index contributed by atoms with van der Waals surface area (Å²) in [5.74, 6) is 0. The van der Waals surface area contributed by atoms with Gasteiger partial charge in [-0.3, -0.25) is 0 Å². The fraction of sp³-hybridized carbons (Fsp3) is 0. The van der Waals surface area contributed by atoms with Gasteiger partial charge in [-0.15, -0.1) is 0 Å². The standard InChI is InChI=1S/C36H27N/c1-5-13-28(14-6-1)29-21-23-33(24-22-29)37(32-19-11-4-12-20-32)34-25-26-35(30-15-7-2-8-16-30)36(27-34)31-17-9-3-10-18-31/h1-27H. The average molecular weight is 474 g/mol. The molecule has 37 heavy (non-hydrogen) atoms. The van der Waals surface area contributed by atoms with Crippen molar-refractivity contribution in [3.63, 3.8) is 0 Å². The first kappa shape index (κ1) is 22.6. The molecule has 6 aromatic carbocycles. The fourth-order valence-corrected chi connectivity index (χ4v) is 4.86. The summed E-state index contributed by atoms with van der Waals surface area (Å²) in [6.07, 6.45) is 0. The molecule has 0 saturated carbocycles. The zero-order valence-corrected chi connectivity index (χ0v) is 20.5. The number of hydrogen-bond donors (Lipinski definition) is 0. The predicted molar refractivity (Wildman–Crippen MR) is 157 cm³/mol. The Kier molecular flexibility index (Phi) is 6.34. The molecule has 0 saturated heterocycles. The van der Waals surface area contributed by atoms with Crippen molar-refractivity contribution in [1.82, 2.24) is 0 Å². The molecule has 0 spiro atoms. The number of hydrogen-bond acceptors (Lipinski definition) is 1. The zero-order valence-electron chi connectivity index (χ0n) is 20.5. The Morgan fingerprint density at radius 1 is 0.270 bits per heavy atom. The Balaban J connectivity index is 1.49. The maximum Gasteiger partial charge on any atom is 0.0468 e. The zero-order chi connectivity index (χ0) is 24.9. The Labute approximate surface area is 218 Å². The van der Waals surface area contributed by atoms with Crippen LogP contribution >= 0.6 is 0 Å². The summed E-state index contributed by atoms with van der Waals surface area (Å²) in [6, 6.07) is 58.0. The van der Waals surface area contributed by atoms with Crippen LogP contribution in [0.4, 0.5) is 17.1 Å². The minimum absolute atomic E-state index is 1.12. The number of benzene rings is 6. The van der Waals surface area contributed by atoms with Crippen molar-refractivity contribution in [3.8, 4) is 33.4 Å². The lowest BCUT2D eigenvalue weighted by Gasteiger charge is -2.27. The summed E-state index contributed by atoms with van der Waals surface area (Å²) in [5.41, 5.74) is 10.7. The quantitative estimate of drug-likeness (QED) is 0.233. The lowest BCUT2D eigenvalue weighted by Crippen LogP contribution is -2.10. The van der Waals surface area contributed by atoms with Gasteiger partial charge in [0.25, 0.3) is 0 Å². The van der Waals surface area contributed by atoms with E-state index in [0.717, 1.165) is 17.1 Å². The fourth-order valence-electron chi connectivity index (χ4n) is 4.86. The van der Waals surface area contributed by atoms with Crippen LogP contribution in [0.2, 0.25) is 0 Å². The van der Waals surface area contributed by atoms with E-state index in [-0.39, 0.29) is 0 Å². The van der Waals surface area contributed by atoms with Crippen molar-refractivity contribution < 1.29 is 0 Å². The van der Waals surface area contributed by atoms with Gasteiger partial charge in [-0.1, -0.05) is 127 Å². The van der Waals surface area contributed by atoms with Gasteiger partial charge in [0.15, 0.2) is 0 Å². The Morgan fingerprint density at radius 3 is 1.24 bits per heavy atom. The van der Waals surface area contributed by atoms with E-state index in [4.69, 9.17) is 0 Å². The number of rotatable bonds is 6. The molecule has 0 aromatic heterocycles. The maximum atomic E-state index is 2.33. The van der Waals surface area contributed by atoms with Gasteiger partial charge in [0, 0.05) is 17.1 Å². The van der Waals surface area contributed by atoms with Crippen LogP contribution in [0.1, 0.15) is 0 Å². The molecule has 0 aliphatic heterocycles. The number of anilines is 3. The van der Waals surface area contributed by atoms with Gasteiger partial charge in [-0.25, -0.2) is 0 Å². The molecular formula is C36H27N. The molecule has 6 rings (SSSR count). The third kappa shape index (κ3) is 4.80. The van der Waals surface area contributed by atoms with Gasteiger partial charge in [0.1, 0.15) is 0 Å². The normalized spacial score (nSPS) is 10.7. The predicted octanol–water partition coefficient (Wildman–Crippen LogP) is 10.2. The summed E-state index contributed by atoms with van der Waals surface area (Å²) < 4.78 is 0. The molecule has 0 bridgehead atoms. The van der Waals surface area contributed by atoms with Crippen LogP contribution in [0.5, 0.6) is 0 Å². The van der Waals surface area contributed by atoms with Crippen molar-refractivity contribution in [3.05, 3.63) is 164 Å². The molecule has 1 heteroatoms. The third-order valence-corrected chi connectivity index (χ3v) is 6.68. The molecule has 0 radical (unpaired) electrons. The van der Waals surface area contributed by atoms with Gasteiger partial charge >= 0.3 is 0 Å². The average Bonchev–Trinajstić information content (AvgIpc) is 2.99. The molecule has 0 aliphatic rings. The minimum Gasteiger partial charge on any atom is -0.310 e.